The van der Waals surface area contributed by atoms with E-state index in [2.05, 4.69) is 68.6 Å². The summed E-state index contributed by atoms with van der Waals surface area (Å²) in [5.74, 6) is -5.61. The maximum atomic E-state index is 12.5. The first-order chi connectivity index (χ1) is 23.5. The van der Waals surface area contributed by atoms with Gasteiger partial charge in [-0.1, -0.05) is 54.1 Å². The van der Waals surface area contributed by atoms with Gasteiger partial charge < -0.3 is 15.5 Å². The van der Waals surface area contributed by atoms with Crippen molar-refractivity contribution >= 4 is 23.5 Å². The number of amides is 1. The van der Waals surface area contributed by atoms with Gasteiger partial charge in [0.05, 0.1) is 0 Å². The standard InChI is InChI=1S/C31H32N4O.2C2HF3O2/c1-24-2-6-29(7-3-24)31(36)33-30-12-10-28(11-13-30)27-8-4-25(5-9-27)22-34-18-20-35(21-19-34)23-26-14-16-32-17-15-26;2*3-2(4,5)1(6)7/h2-17H,18-23H2,1H3,(H,33,36);2*(H,6,7). The number of anilines is 1. The Bertz CT molecular complexity index is 1650. The Balaban J connectivity index is 0.000000408. The van der Waals surface area contributed by atoms with Crippen molar-refractivity contribution in [1.82, 2.24) is 14.8 Å². The van der Waals surface area contributed by atoms with Crippen LogP contribution >= 0.6 is 0 Å². The van der Waals surface area contributed by atoms with Crippen LogP contribution in [0.25, 0.3) is 11.1 Å². The van der Waals surface area contributed by atoms with E-state index in [0.29, 0.717) is 5.56 Å². The second kappa shape index (κ2) is 17.9. The lowest BCUT2D eigenvalue weighted by Crippen LogP contribution is -2.45. The summed E-state index contributed by atoms with van der Waals surface area (Å²) < 4.78 is 63.5. The summed E-state index contributed by atoms with van der Waals surface area (Å²) in [6.45, 7) is 8.35. The molecule has 1 saturated heterocycles. The van der Waals surface area contributed by atoms with Gasteiger partial charge in [0.15, 0.2) is 0 Å². The molecule has 266 valence electrons. The van der Waals surface area contributed by atoms with E-state index in [0.717, 1.165) is 56.1 Å². The molecule has 9 nitrogen and oxygen atoms in total. The highest BCUT2D eigenvalue weighted by atomic mass is 19.4. The number of piperazine rings is 1. The van der Waals surface area contributed by atoms with Crippen LogP contribution in [0.15, 0.2) is 97.3 Å². The summed E-state index contributed by atoms with van der Waals surface area (Å²) in [7, 11) is 0. The highest BCUT2D eigenvalue weighted by molar-refractivity contribution is 6.04. The lowest BCUT2D eigenvalue weighted by molar-refractivity contribution is -0.193. The van der Waals surface area contributed by atoms with Crippen molar-refractivity contribution in [3.63, 3.8) is 0 Å². The van der Waals surface area contributed by atoms with E-state index in [1.54, 1.807) is 0 Å². The molecule has 0 bridgehead atoms. The predicted octanol–water partition coefficient (Wildman–Crippen LogP) is 6.89. The quantitative estimate of drug-likeness (QED) is 0.178. The maximum Gasteiger partial charge on any atom is 0.490 e. The summed E-state index contributed by atoms with van der Waals surface area (Å²) >= 11 is 0. The Kier molecular flexibility index (Phi) is 14.0. The van der Waals surface area contributed by atoms with Gasteiger partial charge in [0.25, 0.3) is 5.91 Å². The second-order valence-corrected chi connectivity index (χ2v) is 11.1. The lowest BCUT2D eigenvalue weighted by atomic mass is 10.0. The van der Waals surface area contributed by atoms with Crippen LogP contribution in [-0.2, 0) is 22.7 Å². The zero-order chi connectivity index (χ0) is 36.9. The van der Waals surface area contributed by atoms with Gasteiger partial charge in [-0.05, 0) is 65.6 Å². The van der Waals surface area contributed by atoms with Crippen molar-refractivity contribution in [1.29, 1.82) is 0 Å². The van der Waals surface area contributed by atoms with Gasteiger partial charge in [0, 0.05) is 62.9 Å². The minimum absolute atomic E-state index is 0.0923. The molecule has 5 rings (SSSR count). The smallest absolute Gasteiger partial charge is 0.475 e. The summed E-state index contributed by atoms with van der Waals surface area (Å²) in [6, 6.07) is 28.7. The first-order valence-corrected chi connectivity index (χ1v) is 15.0. The molecule has 1 aromatic heterocycles. The van der Waals surface area contributed by atoms with Gasteiger partial charge >= 0.3 is 24.3 Å². The summed E-state index contributed by atoms with van der Waals surface area (Å²) in [5.41, 5.74) is 7.58. The number of aromatic nitrogens is 1. The monoisotopic (exact) mass is 704 g/mol. The highest BCUT2D eigenvalue weighted by Gasteiger charge is 2.38. The van der Waals surface area contributed by atoms with Crippen LogP contribution in [0.3, 0.4) is 0 Å². The van der Waals surface area contributed by atoms with Gasteiger partial charge in [-0.25, -0.2) is 9.59 Å². The second-order valence-electron chi connectivity index (χ2n) is 11.1. The van der Waals surface area contributed by atoms with E-state index < -0.39 is 24.3 Å². The van der Waals surface area contributed by atoms with E-state index in [9.17, 15) is 31.1 Å². The van der Waals surface area contributed by atoms with E-state index in [1.165, 1.54) is 16.7 Å². The molecule has 0 aliphatic carbocycles. The lowest BCUT2D eigenvalue weighted by Gasteiger charge is -2.34. The van der Waals surface area contributed by atoms with Crippen LogP contribution in [0.2, 0.25) is 0 Å². The fourth-order valence-electron chi connectivity index (χ4n) is 4.57. The minimum atomic E-state index is -5.08. The molecular formula is C35H34F6N4O5. The van der Waals surface area contributed by atoms with Gasteiger partial charge in [0.1, 0.15) is 0 Å². The molecule has 3 N–H and O–H groups in total. The molecule has 15 heteroatoms. The summed E-state index contributed by atoms with van der Waals surface area (Å²) in [5, 5.41) is 17.2. The zero-order valence-corrected chi connectivity index (χ0v) is 26.7. The number of pyridine rings is 1. The molecule has 0 atom stereocenters. The first kappa shape index (κ1) is 39.2. The van der Waals surface area contributed by atoms with Crippen LogP contribution < -0.4 is 5.32 Å². The summed E-state index contributed by atoms with van der Waals surface area (Å²) in [6.07, 6.45) is -6.43. The van der Waals surface area contributed by atoms with Gasteiger partial charge in [-0.15, -0.1) is 0 Å². The third-order valence-electron chi connectivity index (χ3n) is 7.26. The summed E-state index contributed by atoms with van der Waals surface area (Å²) in [4.78, 5) is 39.4. The normalized spacial score (nSPS) is 13.6. The first-order valence-electron chi connectivity index (χ1n) is 15.0. The number of benzene rings is 3. The number of carboxylic acids is 2. The van der Waals surface area contributed by atoms with Crippen molar-refractivity contribution in [2.75, 3.05) is 31.5 Å². The number of carbonyl (C=O) groups excluding carboxylic acids is 1. The third kappa shape index (κ3) is 13.3. The van der Waals surface area contributed by atoms with Crippen LogP contribution in [-0.4, -0.2) is 81.4 Å². The molecule has 4 aromatic rings. The fraction of sp³-hybridized carbons (Fsp3) is 0.257. The predicted molar refractivity (Wildman–Crippen MR) is 173 cm³/mol. The molecule has 3 aromatic carbocycles. The number of halogens is 6. The van der Waals surface area contributed by atoms with Crippen molar-refractivity contribution in [2.24, 2.45) is 0 Å². The molecule has 0 radical (unpaired) electrons. The molecule has 1 amide bonds. The number of carboxylic acid groups (broad SMARTS) is 2. The van der Waals surface area contributed by atoms with E-state index in [4.69, 9.17) is 19.8 Å². The van der Waals surface area contributed by atoms with Crippen molar-refractivity contribution < 1.29 is 50.9 Å². The van der Waals surface area contributed by atoms with Crippen molar-refractivity contribution in [3.8, 4) is 11.1 Å². The van der Waals surface area contributed by atoms with E-state index in [-0.39, 0.29) is 5.91 Å². The van der Waals surface area contributed by atoms with Crippen LogP contribution in [0, 0.1) is 6.92 Å². The number of nitrogens with one attached hydrogen (secondary N) is 1. The van der Waals surface area contributed by atoms with Crippen LogP contribution in [0.5, 0.6) is 0 Å². The molecular weight excluding hydrogens is 670 g/mol. The average molecular weight is 705 g/mol. The molecule has 0 unspecified atom stereocenters. The minimum Gasteiger partial charge on any atom is -0.475 e. The Morgan fingerprint density at radius 1 is 0.640 bits per heavy atom. The third-order valence-corrected chi connectivity index (χ3v) is 7.26. The molecule has 50 heavy (non-hydrogen) atoms. The zero-order valence-electron chi connectivity index (χ0n) is 26.7. The number of nitrogens with zero attached hydrogens (tertiary/aromatic N) is 3. The van der Waals surface area contributed by atoms with Crippen molar-refractivity contribution in [2.45, 2.75) is 32.4 Å². The van der Waals surface area contributed by atoms with E-state index in [1.807, 2.05) is 55.7 Å². The van der Waals surface area contributed by atoms with E-state index >= 15 is 0 Å². The molecule has 0 saturated carbocycles. The number of rotatable bonds is 7. The fourth-order valence-corrected chi connectivity index (χ4v) is 4.57. The Labute approximate surface area is 283 Å². The number of hydrogen-bond acceptors (Lipinski definition) is 6. The molecule has 2 heterocycles. The Morgan fingerprint density at radius 3 is 1.42 bits per heavy atom. The van der Waals surface area contributed by atoms with Gasteiger partial charge in [-0.2, -0.15) is 26.3 Å². The number of hydrogen-bond donors (Lipinski definition) is 3. The number of aliphatic carboxylic acids is 2. The van der Waals surface area contributed by atoms with Gasteiger partial charge in [-0.3, -0.25) is 19.6 Å². The SMILES string of the molecule is Cc1ccc(C(=O)Nc2ccc(-c3ccc(CN4CCN(Cc5ccncc5)CC4)cc3)cc2)cc1.O=C(O)C(F)(F)F.O=C(O)C(F)(F)F. The molecule has 1 fully saturated rings. The van der Waals surface area contributed by atoms with Crippen LogP contribution in [0.4, 0.5) is 32.0 Å². The largest absolute Gasteiger partial charge is 0.490 e. The van der Waals surface area contributed by atoms with Gasteiger partial charge in [0.2, 0.25) is 0 Å². The number of aryl methyl sites for hydroxylation is 1. The number of carbonyl (C=O) groups is 3. The average Bonchev–Trinajstić information content (AvgIpc) is 3.07. The Hall–Kier alpha value is -5.28. The van der Waals surface area contributed by atoms with Crippen molar-refractivity contribution in [3.05, 3.63) is 120 Å². The topological polar surface area (TPSA) is 123 Å². The van der Waals surface area contributed by atoms with Crippen LogP contribution in [0.1, 0.15) is 27.0 Å². The number of alkyl halides is 6. The molecule has 0 spiro atoms. The molecule has 1 aliphatic heterocycles. The maximum absolute atomic E-state index is 12.5. The Morgan fingerprint density at radius 2 is 1.02 bits per heavy atom. The highest BCUT2D eigenvalue weighted by Crippen LogP contribution is 2.23. The molecule has 1 aliphatic rings.